The van der Waals surface area contributed by atoms with Gasteiger partial charge >= 0.3 is 11.9 Å². The molecule has 3 rings (SSSR count). The maximum atomic E-state index is 13.6. The van der Waals surface area contributed by atoms with Gasteiger partial charge in [0.05, 0.1) is 12.6 Å². The number of aliphatic hydroxyl groups excluding tert-OH is 1. The van der Waals surface area contributed by atoms with Gasteiger partial charge in [0.1, 0.15) is 11.5 Å². The van der Waals surface area contributed by atoms with Crippen molar-refractivity contribution in [3.05, 3.63) is 86.9 Å². The monoisotopic (exact) mass is 509 g/mol. The Bertz CT molecular complexity index is 1250. The highest BCUT2D eigenvalue weighted by atomic mass is 35.5. The molecule has 1 aromatic heterocycles. The van der Waals surface area contributed by atoms with Crippen molar-refractivity contribution < 1.29 is 34.1 Å². The third-order valence-electron chi connectivity index (χ3n) is 4.91. The van der Waals surface area contributed by atoms with Crippen LogP contribution in [-0.4, -0.2) is 55.1 Å². The molecule has 34 heavy (non-hydrogen) atoms. The molecule has 0 radical (unpaired) electrons. The lowest BCUT2D eigenvalue weighted by Crippen LogP contribution is -2.48. The van der Waals surface area contributed by atoms with E-state index in [0.717, 1.165) is 22.9 Å². The molecular formula is C22H18Cl2FN3O6. The molecule has 1 heterocycles. The molecule has 2 atom stereocenters. The Balaban J connectivity index is 1.88. The van der Waals surface area contributed by atoms with E-state index in [0.29, 0.717) is 10.6 Å². The van der Waals surface area contributed by atoms with Crippen molar-refractivity contribution in [3.8, 4) is 0 Å². The summed E-state index contributed by atoms with van der Waals surface area (Å²) >= 11 is 12.1. The fourth-order valence-corrected chi connectivity index (χ4v) is 3.59. The summed E-state index contributed by atoms with van der Waals surface area (Å²) in [7, 11) is 0. The topological polar surface area (TPSA) is 142 Å². The zero-order chi connectivity index (χ0) is 25.0. The van der Waals surface area contributed by atoms with Crippen LogP contribution >= 0.6 is 23.2 Å². The smallest absolute Gasteiger partial charge is 0.354 e. The number of aromatic nitrogens is 2. The number of hydrogen-bond acceptors (Lipinski definition) is 5. The van der Waals surface area contributed by atoms with E-state index in [4.69, 9.17) is 23.2 Å². The summed E-state index contributed by atoms with van der Waals surface area (Å²) in [4.78, 5) is 35.9. The number of aliphatic carboxylic acids is 1. The summed E-state index contributed by atoms with van der Waals surface area (Å²) in [6.07, 6.45) is -2.10. The minimum atomic E-state index is -1.98. The van der Waals surface area contributed by atoms with Gasteiger partial charge in [-0.15, -0.1) is 0 Å². The molecule has 178 valence electrons. The van der Waals surface area contributed by atoms with Crippen LogP contribution in [0.2, 0.25) is 10.0 Å². The molecule has 0 bridgehead atoms. The summed E-state index contributed by atoms with van der Waals surface area (Å²) in [5.41, 5.74) is -0.0250. The van der Waals surface area contributed by atoms with Crippen LogP contribution in [0.25, 0.3) is 0 Å². The van der Waals surface area contributed by atoms with Crippen LogP contribution in [0.4, 0.5) is 4.39 Å². The van der Waals surface area contributed by atoms with Gasteiger partial charge in [0.25, 0.3) is 5.91 Å². The number of nitrogens with zero attached hydrogens (tertiary/aromatic N) is 2. The summed E-state index contributed by atoms with van der Waals surface area (Å²) in [6.45, 7) is -0.244. The zero-order valence-electron chi connectivity index (χ0n) is 17.3. The first-order valence-electron chi connectivity index (χ1n) is 9.77. The third-order valence-corrected chi connectivity index (χ3v) is 5.65. The van der Waals surface area contributed by atoms with E-state index >= 15 is 0 Å². The second kappa shape index (κ2) is 10.6. The van der Waals surface area contributed by atoms with Gasteiger partial charge in [-0.25, -0.2) is 14.0 Å². The first-order valence-corrected chi connectivity index (χ1v) is 10.5. The summed E-state index contributed by atoms with van der Waals surface area (Å²) in [5.74, 6) is -4.50. The van der Waals surface area contributed by atoms with Gasteiger partial charge in [-0.05, 0) is 41.8 Å². The molecule has 4 N–H and O–H groups in total. The molecule has 0 aliphatic rings. The summed E-state index contributed by atoms with van der Waals surface area (Å²) in [6, 6.07) is 9.72. The number of aliphatic hydroxyl groups is 1. The van der Waals surface area contributed by atoms with Crippen LogP contribution in [0, 0.1) is 5.82 Å². The lowest BCUT2D eigenvalue weighted by Gasteiger charge is -2.21. The Morgan fingerprint density at radius 3 is 2.35 bits per heavy atom. The van der Waals surface area contributed by atoms with Crippen LogP contribution in [0.1, 0.15) is 32.1 Å². The number of benzene rings is 2. The van der Waals surface area contributed by atoms with E-state index in [9.17, 15) is 34.1 Å². The molecule has 0 aliphatic heterocycles. The maximum Gasteiger partial charge on any atom is 0.354 e. The average molecular weight is 510 g/mol. The predicted molar refractivity (Wildman–Crippen MR) is 120 cm³/mol. The van der Waals surface area contributed by atoms with Gasteiger partial charge < -0.3 is 20.6 Å². The molecule has 0 aliphatic carbocycles. The van der Waals surface area contributed by atoms with Crippen LogP contribution in [0.15, 0.2) is 48.5 Å². The third kappa shape index (κ3) is 5.90. The number of amides is 1. The predicted octanol–water partition coefficient (Wildman–Crippen LogP) is 2.86. The SMILES string of the molecule is O=C(N[C@H](Cc1ccccc1Cl)[C@@H](O)C(=O)O)c1cc(C(=O)O)n(Cc2cc(F)ccc2Cl)n1. The molecule has 0 saturated carbocycles. The van der Waals surface area contributed by atoms with E-state index in [1.54, 1.807) is 24.3 Å². The van der Waals surface area contributed by atoms with Crippen molar-refractivity contribution >= 4 is 41.0 Å². The van der Waals surface area contributed by atoms with Crippen LogP contribution in [0.5, 0.6) is 0 Å². The Labute approximate surface area is 202 Å². The minimum absolute atomic E-state index is 0.121. The Morgan fingerprint density at radius 1 is 1.03 bits per heavy atom. The van der Waals surface area contributed by atoms with Crippen molar-refractivity contribution in [3.63, 3.8) is 0 Å². The largest absolute Gasteiger partial charge is 0.479 e. The van der Waals surface area contributed by atoms with Gasteiger partial charge in [0.15, 0.2) is 11.8 Å². The molecule has 0 fully saturated rings. The highest BCUT2D eigenvalue weighted by molar-refractivity contribution is 6.31. The van der Waals surface area contributed by atoms with E-state index in [-0.39, 0.29) is 34.9 Å². The molecule has 0 unspecified atom stereocenters. The zero-order valence-corrected chi connectivity index (χ0v) is 18.8. The van der Waals surface area contributed by atoms with Crippen LogP contribution in [0.3, 0.4) is 0 Å². The van der Waals surface area contributed by atoms with Crippen molar-refractivity contribution in [2.24, 2.45) is 0 Å². The molecule has 9 nitrogen and oxygen atoms in total. The molecule has 1 amide bonds. The van der Waals surface area contributed by atoms with E-state index in [1.165, 1.54) is 6.07 Å². The molecular weight excluding hydrogens is 492 g/mol. The van der Waals surface area contributed by atoms with Crippen LogP contribution < -0.4 is 5.32 Å². The normalized spacial score (nSPS) is 12.7. The number of carboxylic acids is 2. The number of carboxylic acid groups (broad SMARTS) is 2. The average Bonchev–Trinajstić information content (AvgIpc) is 3.21. The summed E-state index contributed by atoms with van der Waals surface area (Å²) in [5, 5.41) is 35.7. The van der Waals surface area contributed by atoms with Gasteiger partial charge in [0.2, 0.25) is 0 Å². The van der Waals surface area contributed by atoms with E-state index < -0.39 is 35.8 Å². The van der Waals surface area contributed by atoms with Gasteiger partial charge in [-0.2, -0.15) is 5.10 Å². The first kappa shape index (κ1) is 25.2. The number of carbonyl (C=O) groups is 3. The standard InChI is InChI=1S/C22H18Cl2FN3O6/c23-14-4-2-1-3-11(14)8-16(19(29)22(33)34)26-20(30)17-9-18(21(31)32)28(27-17)10-12-7-13(25)5-6-15(12)24/h1-7,9,16,19,29H,8,10H2,(H,26,30)(H,31,32)(H,33,34)/t16-,19-/m1/s1. The molecule has 0 saturated heterocycles. The highest BCUT2D eigenvalue weighted by Crippen LogP contribution is 2.20. The molecule has 0 spiro atoms. The number of halogens is 3. The fourth-order valence-electron chi connectivity index (χ4n) is 3.20. The molecule has 3 aromatic rings. The number of carbonyl (C=O) groups excluding carboxylic acids is 1. The first-order chi connectivity index (χ1) is 16.1. The minimum Gasteiger partial charge on any atom is -0.479 e. The second-order valence-corrected chi connectivity index (χ2v) is 8.09. The highest BCUT2D eigenvalue weighted by Gasteiger charge is 2.30. The maximum absolute atomic E-state index is 13.6. The Kier molecular flexibility index (Phi) is 7.87. The lowest BCUT2D eigenvalue weighted by atomic mass is 10.0. The molecule has 2 aromatic carbocycles. The quantitative estimate of drug-likeness (QED) is 0.347. The summed E-state index contributed by atoms with van der Waals surface area (Å²) < 4.78 is 14.5. The Hall–Kier alpha value is -3.47. The van der Waals surface area contributed by atoms with Crippen molar-refractivity contribution in [1.82, 2.24) is 15.1 Å². The number of nitrogens with one attached hydrogen (secondary N) is 1. The van der Waals surface area contributed by atoms with Gasteiger partial charge in [-0.1, -0.05) is 41.4 Å². The van der Waals surface area contributed by atoms with Crippen LogP contribution in [-0.2, 0) is 17.8 Å². The fraction of sp³-hybridized carbons (Fsp3) is 0.182. The molecule has 12 heteroatoms. The lowest BCUT2D eigenvalue weighted by molar-refractivity contribution is -0.148. The van der Waals surface area contributed by atoms with Gasteiger partial charge in [-0.3, -0.25) is 9.48 Å². The Morgan fingerprint density at radius 2 is 1.71 bits per heavy atom. The van der Waals surface area contributed by atoms with Gasteiger partial charge in [0, 0.05) is 16.1 Å². The number of hydrogen-bond donors (Lipinski definition) is 4. The van der Waals surface area contributed by atoms with Crippen molar-refractivity contribution in [2.45, 2.75) is 25.1 Å². The van der Waals surface area contributed by atoms with Crippen molar-refractivity contribution in [1.29, 1.82) is 0 Å². The number of rotatable bonds is 9. The second-order valence-electron chi connectivity index (χ2n) is 7.27. The van der Waals surface area contributed by atoms with E-state index in [2.05, 4.69) is 10.4 Å². The van der Waals surface area contributed by atoms with E-state index in [1.807, 2.05) is 0 Å². The number of aromatic carboxylic acids is 1. The van der Waals surface area contributed by atoms with Crippen molar-refractivity contribution in [2.75, 3.05) is 0 Å².